The zero-order chi connectivity index (χ0) is 15.2. The molecule has 1 heterocycles. The van der Waals surface area contributed by atoms with E-state index in [1.807, 2.05) is 6.07 Å². The minimum absolute atomic E-state index is 0. The average molecular weight is 381 g/mol. The molecule has 0 saturated heterocycles. The smallest absolute Gasteiger partial charge is 0 e. The number of benzene rings is 4. The third-order valence-corrected chi connectivity index (χ3v) is 4.33. The van der Waals surface area contributed by atoms with Crippen LogP contribution in [0.15, 0.2) is 77.4 Å². The largest absolute Gasteiger partial charge is 0.590 e. The third kappa shape index (κ3) is 2.49. The molecule has 2 heteroatoms. The van der Waals surface area contributed by atoms with Crippen LogP contribution in [0.1, 0.15) is 0 Å². The van der Waals surface area contributed by atoms with Gasteiger partial charge in [-0.05, 0) is 39.9 Å². The Morgan fingerprint density at radius 1 is 0.667 bits per heavy atom. The Morgan fingerprint density at radius 2 is 1.38 bits per heavy atom. The fourth-order valence-corrected chi connectivity index (χ4v) is 3.22. The van der Waals surface area contributed by atoms with E-state index in [0.29, 0.717) is 0 Å². The Labute approximate surface area is 165 Å². The molecular weight excluding hydrogens is 369 g/mol. The molecule has 24 heavy (non-hydrogen) atoms. The first-order valence-electron chi connectivity index (χ1n) is 7.61. The predicted molar refractivity (Wildman–Crippen MR) is 94.3 cm³/mol. The van der Waals surface area contributed by atoms with Crippen LogP contribution in [0.5, 0.6) is 0 Å². The summed E-state index contributed by atoms with van der Waals surface area (Å²) < 4.78 is 5.52. The third-order valence-electron chi connectivity index (χ3n) is 4.33. The van der Waals surface area contributed by atoms with Gasteiger partial charge in [0.25, 0.3) is 0 Å². The summed E-state index contributed by atoms with van der Waals surface area (Å²) in [4.78, 5) is 0. The Kier molecular flexibility index (Phi) is 4.00. The topological polar surface area (TPSA) is 13.1 Å². The Balaban J connectivity index is 0.00000146. The zero-order valence-corrected chi connectivity index (χ0v) is 15.8. The quantitative estimate of drug-likeness (QED) is 0.256. The molecule has 0 atom stereocenters. The van der Waals surface area contributed by atoms with Crippen molar-refractivity contribution in [3.8, 4) is 11.3 Å². The van der Waals surface area contributed by atoms with Gasteiger partial charge >= 0.3 is 0 Å². The molecule has 0 aliphatic heterocycles. The maximum atomic E-state index is 5.52. The van der Waals surface area contributed by atoms with Gasteiger partial charge in [-0.3, -0.25) is 0 Å². The van der Waals surface area contributed by atoms with E-state index >= 15 is 0 Å². The first-order valence-corrected chi connectivity index (χ1v) is 7.61. The van der Waals surface area contributed by atoms with Gasteiger partial charge in [0.05, 0.1) is 0 Å². The van der Waals surface area contributed by atoms with Crippen molar-refractivity contribution < 1.29 is 37.1 Å². The van der Waals surface area contributed by atoms with Crippen LogP contribution in [0.4, 0.5) is 0 Å². The summed E-state index contributed by atoms with van der Waals surface area (Å²) >= 11 is 0. The van der Waals surface area contributed by atoms with Crippen LogP contribution >= 0.6 is 0 Å². The van der Waals surface area contributed by atoms with Crippen molar-refractivity contribution in [1.29, 1.82) is 0 Å². The summed E-state index contributed by atoms with van der Waals surface area (Å²) in [6.07, 6.45) is 1.65. The van der Waals surface area contributed by atoms with Crippen molar-refractivity contribution in [1.82, 2.24) is 0 Å². The van der Waals surface area contributed by atoms with Crippen molar-refractivity contribution >= 4 is 32.3 Å². The van der Waals surface area contributed by atoms with Crippen LogP contribution in [0.3, 0.4) is 0 Å². The maximum absolute atomic E-state index is 5.52. The number of fused-ring (bicyclic) bond motifs is 3. The molecule has 0 fully saturated rings. The molecule has 0 N–H and O–H groups in total. The van der Waals surface area contributed by atoms with Gasteiger partial charge in [-0.25, -0.2) is 11.6 Å². The molecule has 0 aliphatic carbocycles. The Bertz CT molecular complexity index is 1160. The van der Waals surface area contributed by atoms with E-state index in [1.165, 1.54) is 26.9 Å². The normalized spacial score (nSPS) is 11.0. The van der Waals surface area contributed by atoms with Gasteiger partial charge in [0.2, 0.25) is 0 Å². The van der Waals surface area contributed by atoms with Crippen molar-refractivity contribution in [2.45, 2.75) is 0 Å². The molecule has 1 aromatic heterocycles. The molecule has 0 amide bonds. The van der Waals surface area contributed by atoms with Gasteiger partial charge in [0, 0.05) is 32.7 Å². The maximum Gasteiger partial charge on any atom is 0 e. The van der Waals surface area contributed by atoms with E-state index in [0.717, 1.165) is 16.7 Å². The van der Waals surface area contributed by atoms with E-state index < -0.39 is 0 Å². The van der Waals surface area contributed by atoms with E-state index in [-0.39, 0.29) is 32.7 Å². The molecule has 1 radical (unpaired) electrons. The summed E-state index contributed by atoms with van der Waals surface area (Å²) in [5.41, 5.74) is 0.961. The molecule has 111 valence electrons. The summed E-state index contributed by atoms with van der Waals surface area (Å²) in [7, 11) is 0. The summed E-state index contributed by atoms with van der Waals surface area (Å²) in [6.45, 7) is 0. The zero-order valence-electron chi connectivity index (χ0n) is 12.9. The number of hydrogen-bond acceptors (Lipinski definition) is 1. The van der Waals surface area contributed by atoms with Gasteiger partial charge in [0.1, 0.15) is 0 Å². The molecular formula is C22H12OY-2. The van der Waals surface area contributed by atoms with Gasteiger partial charge < -0.3 is 4.42 Å². The fraction of sp³-hybridized carbons (Fsp3) is 0. The average Bonchev–Trinajstić information content (AvgIpc) is 3.12. The van der Waals surface area contributed by atoms with Crippen LogP contribution in [-0.2, 0) is 32.7 Å². The van der Waals surface area contributed by atoms with Crippen molar-refractivity contribution in [2.75, 3.05) is 0 Å². The summed E-state index contributed by atoms with van der Waals surface area (Å²) in [5, 5.41) is 7.32. The first-order chi connectivity index (χ1) is 11.4. The van der Waals surface area contributed by atoms with E-state index in [4.69, 9.17) is 4.42 Å². The fourth-order valence-electron chi connectivity index (χ4n) is 3.22. The SMILES string of the molecule is [Y].[c-]1ccoc1-c1[c-]ccc2cc3cc4ccccc4cc3cc12. The van der Waals surface area contributed by atoms with Crippen LogP contribution in [-0.4, -0.2) is 0 Å². The molecule has 5 aromatic rings. The molecule has 0 aliphatic rings. The van der Waals surface area contributed by atoms with E-state index in [1.54, 1.807) is 12.3 Å². The summed E-state index contributed by atoms with van der Waals surface area (Å²) in [5.74, 6) is 0.732. The molecule has 4 aromatic carbocycles. The van der Waals surface area contributed by atoms with Crippen molar-refractivity contribution in [3.63, 3.8) is 0 Å². The second-order valence-corrected chi connectivity index (χ2v) is 5.73. The molecule has 0 saturated carbocycles. The van der Waals surface area contributed by atoms with Crippen LogP contribution in [0.25, 0.3) is 43.6 Å². The van der Waals surface area contributed by atoms with E-state index in [9.17, 15) is 0 Å². The summed E-state index contributed by atoms with van der Waals surface area (Å²) in [6, 6.07) is 29.6. The minimum Gasteiger partial charge on any atom is -0.590 e. The van der Waals surface area contributed by atoms with Crippen molar-refractivity contribution in [2.24, 2.45) is 0 Å². The molecule has 0 bridgehead atoms. The molecule has 0 spiro atoms. The van der Waals surface area contributed by atoms with Crippen LogP contribution in [0, 0.1) is 12.1 Å². The van der Waals surface area contributed by atoms with E-state index in [2.05, 4.69) is 66.7 Å². The predicted octanol–water partition coefficient (Wildman–Crippen LogP) is 6.00. The van der Waals surface area contributed by atoms with Gasteiger partial charge in [-0.15, -0.1) is 23.6 Å². The first kappa shape index (κ1) is 15.6. The van der Waals surface area contributed by atoms with Gasteiger partial charge in [-0.1, -0.05) is 36.1 Å². The Morgan fingerprint density at radius 3 is 2.08 bits per heavy atom. The van der Waals surface area contributed by atoms with Gasteiger partial charge in [-0.2, -0.15) is 17.5 Å². The minimum atomic E-state index is 0. The number of hydrogen-bond donors (Lipinski definition) is 0. The molecule has 0 unspecified atom stereocenters. The number of rotatable bonds is 1. The van der Waals surface area contributed by atoms with Crippen LogP contribution < -0.4 is 0 Å². The Hall–Kier alpha value is -1.96. The molecule has 1 nitrogen and oxygen atoms in total. The second kappa shape index (κ2) is 6.16. The molecule has 5 rings (SSSR count). The van der Waals surface area contributed by atoms with Crippen LogP contribution in [0.2, 0.25) is 0 Å². The second-order valence-electron chi connectivity index (χ2n) is 5.73. The monoisotopic (exact) mass is 381 g/mol. The van der Waals surface area contributed by atoms with Gasteiger partial charge in [0.15, 0.2) is 0 Å². The standard InChI is InChI=1S/C22H12O.Y/c1-2-6-16-12-19-14-21-17(13-18(19)11-15(16)5-1)7-3-8-20(21)22-9-4-10-23-22;/h1-7,10-14H;/q-2;. The van der Waals surface area contributed by atoms with Crippen molar-refractivity contribution in [3.05, 3.63) is 85.1 Å². The number of furan rings is 1.